The average molecular weight is 400 g/mol. The van der Waals surface area contributed by atoms with E-state index in [0.29, 0.717) is 30.7 Å². The molecule has 5 rings (SSSR count). The number of aryl methyl sites for hydroxylation is 1. The number of hydrogen-bond donors (Lipinski definition) is 1. The molecule has 0 unspecified atom stereocenters. The van der Waals surface area contributed by atoms with E-state index in [9.17, 15) is 9.59 Å². The highest BCUT2D eigenvalue weighted by molar-refractivity contribution is 5.81. The predicted octanol–water partition coefficient (Wildman–Crippen LogP) is 2.42. The lowest BCUT2D eigenvalue weighted by Crippen LogP contribution is -2.52. The lowest BCUT2D eigenvalue weighted by molar-refractivity contribution is -0.135. The Morgan fingerprint density at radius 3 is 2.55 bits per heavy atom. The van der Waals surface area contributed by atoms with Gasteiger partial charge in [0.2, 0.25) is 11.8 Å². The molecular formula is C22H33N5O2. The highest BCUT2D eigenvalue weighted by Crippen LogP contribution is 2.46. The van der Waals surface area contributed by atoms with Gasteiger partial charge in [-0.2, -0.15) is 5.10 Å². The van der Waals surface area contributed by atoms with Crippen LogP contribution in [-0.4, -0.2) is 63.0 Å². The first-order chi connectivity index (χ1) is 14.0. The first-order valence-corrected chi connectivity index (χ1v) is 11.5. The van der Waals surface area contributed by atoms with Crippen LogP contribution >= 0.6 is 0 Å². The van der Waals surface area contributed by atoms with Crippen LogP contribution < -0.4 is 0 Å². The Labute approximate surface area is 172 Å². The van der Waals surface area contributed by atoms with Gasteiger partial charge in [-0.05, 0) is 44.9 Å². The van der Waals surface area contributed by atoms with E-state index in [1.165, 1.54) is 32.1 Å². The van der Waals surface area contributed by atoms with Crippen molar-refractivity contribution in [3.8, 4) is 0 Å². The number of nitrogens with zero attached hydrogens (tertiary/aromatic N) is 4. The molecule has 0 bridgehead atoms. The number of aromatic amines is 1. The Kier molecular flexibility index (Phi) is 4.87. The predicted molar refractivity (Wildman–Crippen MR) is 108 cm³/mol. The maximum absolute atomic E-state index is 13.0. The average Bonchev–Trinajstić information content (AvgIpc) is 3.36. The summed E-state index contributed by atoms with van der Waals surface area (Å²) in [7, 11) is 0. The molecule has 1 N–H and O–H groups in total. The maximum atomic E-state index is 13.0. The van der Waals surface area contributed by atoms with Gasteiger partial charge in [-0.25, -0.2) is 4.98 Å². The topological polar surface area (TPSA) is 82.2 Å². The number of likely N-dealkylation sites (tertiary alicyclic amines) is 2. The maximum Gasteiger partial charge on any atom is 0.225 e. The normalized spacial score (nSPS) is 30.4. The van der Waals surface area contributed by atoms with Crippen LogP contribution in [0.4, 0.5) is 0 Å². The fourth-order valence-corrected chi connectivity index (χ4v) is 5.86. The zero-order valence-electron chi connectivity index (χ0n) is 17.5. The van der Waals surface area contributed by atoms with Gasteiger partial charge in [0.15, 0.2) is 5.82 Å². The number of fused-ring (bicyclic) bond motifs is 1. The molecule has 2 saturated carbocycles. The van der Waals surface area contributed by atoms with Crippen LogP contribution in [0.25, 0.3) is 0 Å². The van der Waals surface area contributed by atoms with E-state index in [1.54, 1.807) is 0 Å². The van der Waals surface area contributed by atoms with Crippen molar-refractivity contribution < 1.29 is 9.59 Å². The smallest absolute Gasteiger partial charge is 0.225 e. The summed E-state index contributed by atoms with van der Waals surface area (Å²) in [5.74, 6) is 3.28. The van der Waals surface area contributed by atoms with E-state index < -0.39 is 0 Å². The summed E-state index contributed by atoms with van der Waals surface area (Å²) in [4.78, 5) is 34.6. The van der Waals surface area contributed by atoms with Gasteiger partial charge in [-0.3, -0.25) is 14.7 Å². The van der Waals surface area contributed by atoms with Crippen LogP contribution in [-0.2, 0) is 15.0 Å². The summed E-state index contributed by atoms with van der Waals surface area (Å²) >= 11 is 0. The molecule has 1 aromatic rings. The van der Waals surface area contributed by atoms with Gasteiger partial charge >= 0.3 is 0 Å². The van der Waals surface area contributed by atoms with Crippen LogP contribution in [0.2, 0.25) is 0 Å². The molecule has 2 aliphatic heterocycles. The molecular weight excluding hydrogens is 366 g/mol. The Balaban J connectivity index is 1.32. The molecule has 4 aliphatic rings. The first kappa shape index (κ1) is 19.1. The molecule has 2 aliphatic carbocycles. The van der Waals surface area contributed by atoms with Crippen molar-refractivity contribution in [1.29, 1.82) is 0 Å². The van der Waals surface area contributed by atoms with Crippen molar-refractivity contribution in [2.24, 2.45) is 17.8 Å². The molecule has 7 heteroatoms. The second-order valence-corrected chi connectivity index (χ2v) is 9.89. The van der Waals surface area contributed by atoms with Crippen LogP contribution in [0.15, 0.2) is 0 Å². The number of hydrogen-bond acceptors (Lipinski definition) is 4. The number of piperidine rings is 1. The summed E-state index contributed by atoms with van der Waals surface area (Å²) in [6, 6.07) is 0. The second kappa shape index (κ2) is 7.40. The lowest BCUT2D eigenvalue weighted by atomic mass is 9.71. The minimum Gasteiger partial charge on any atom is -0.342 e. The van der Waals surface area contributed by atoms with E-state index >= 15 is 0 Å². The van der Waals surface area contributed by atoms with Crippen LogP contribution in [0.3, 0.4) is 0 Å². The Morgan fingerprint density at radius 2 is 1.86 bits per heavy atom. The lowest BCUT2D eigenvalue weighted by Gasteiger charge is -2.42. The molecule has 4 fully saturated rings. The van der Waals surface area contributed by atoms with Crippen molar-refractivity contribution in [2.45, 2.75) is 70.1 Å². The summed E-state index contributed by atoms with van der Waals surface area (Å²) < 4.78 is 0. The summed E-state index contributed by atoms with van der Waals surface area (Å²) in [5.41, 5.74) is -0.211. The highest BCUT2D eigenvalue weighted by atomic mass is 16.2. The van der Waals surface area contributed by atoms with Crippen molar-refractivity contribution in [2.75, 3.05) is 26.2 Å². The first-order valence-electron chi connectivity index (χ1n) is 11.5. The van der Waals surface area contributed by atoms with Crippen molar-refractivity contribution in [3.05, 3.63) is 11.6 Å². The molecule has 0 radical (unpaired) electrons. The number of carbonyl (C=O) groups excluding carboxylic acids is 2. The molecule has 3 heterocycles. The third-order valence-electron chi connectivity index (χ3n) is 7.79. The van der Waals surface area contributed by atoms with Crippen molar-refractivity contribution in [3.63, 3.8) is 0 Å². The van der Waals surface area contributed by atoms with Crippen LogP contribution in [0, 0.1) is 24.7 Å². The van der Waals surface area contributed by atoms with Crippen LogP contribution in [0.1, 0.15) is 69.4 Å². The molecule has 2 saturated heterocycles. The van der Waals surface area contributed by atoms with Crippen LogP contribution in [0.5, 0.6) is 0 Å². The number of H-pyrrole nitrogens is 1. The Hall–Kier alpha value is -1.92. The summed E-state index contributed by atoms with van der Waals surface area (Å²) in [5, 5.41) is 7.51. The molecule has 158 valence electrons. The SMILES string of the molecule is Cc1nc([C@@]23CCN(C(=O)CC4CCCCC4)C[C@@H]2CN(C(=O)C2CC2)C3)n[nH]1. The third kappa shape index (κ3) is 3.57. The Bertz CT molecular complexity index is 782. The van der Waals surface area contributed by atoms with Gasteiger partial charge in [-0.15, -0.1) is 0 Å². The van der Waals surface area contributed by atoms with Gasteiger partial charge in [0, 0.05) is 44.4 Å². The number of nitrogens with one attached hydrogen (secondary N) is 1. The van der Waals surface area contributed by atoms with E-state index in [-0.39, 0.29) is 17.3 Å². The minimum absolute atomic E-state index is 0.211. The zero-order valence-corrected chi connectivity index (χ0v) is 17.5. The van der Waals surface area contributed by atoms with E-state index in [2.05, 4.69) is 20.1 Å². The van der Waals surface area contributed by atoms with E-state index in [0.717, 1.165) is 50.5 Å². The van der Waals surface area contributed by atoms with Gasteiger partial charge in [0.25, 0.3) is 0 Å². The highest BCUT2D eigenvalue weighted by Gasteiger charge is 2.55. The fraction of sp³-hybridized carbons (Fsp3) is 0.818. The number of amides is 2. The second-order valence-electron chi connectivity index (χ2n) is 9.89. The van der Waals surface area contributed by atoms with Crippen molar-refractivity contribution in [1.82, 2.24) is 25.0 Å². The number of aromatic nitrogens is 3. The third-order valence-corrected chi connectivity index (χ3v) is 7.79. The van der Waals surface area contributed by atoms with Gasteiger partial charge < -0.3 is 9.80 Å². The molecule has 0 spiro atoms. The van der Waals surface area contributed by atoms with E-state index in [4.69, 9.17) is 0 Å². The number of carbonyl (C=O) groups is 2. The quantitative estimate of drug-likeness (QED) is 0.843. The molecule has 2 atom stereocenters. The molecule has 1 aromatic heterocycles. The summed E-state index contributed by atoms with van der Waals surface area (Å²) in [6.45, 7) is 4.84. The largest absolute Gasteiger partial charge is 0.342 e. The summed E-state index contributed by atoms with van der Waals surface area (Å²) in [6.07, 6.45) is 9.86. The van der Waals surface area contributed by atoms with Gasteiger partial charge in [0.05, 0.1) is 5.41 Å². The van der Waals surface area contributed by atoms with E-state index in [1.807, 2.05) is 11.8 Å². The monoisotopic (exact) mass is 399 g/mol. The standard InChI is InChI=1S/C22H33N5O2/c1-15-23-21(25-24-15)22-9-10-26(19(28)11-16-5-3-2-4-6-16)12-18(22)13-27(14-22)20(29)17-7-8-17/h16-18H,2-14H2,1H3,(H,23,24,25)/t18-,22-/m1/s1. The molecule has 0 aromatic carbocycles. The fourth-order valence-electron chi connectivity index (χ4n) is 5.86. The van der Waals surface area contributed by atoms with Gasteiger partial charge in [-0.1, -0.05) is 19.3 Å². The molecule has 2 amide bonds. The van der Waals surface area contributed by atoms with Crippen molar-refractivity contribution >= 4 is 11.8 Å². The molecule has 29 heavy (non-hydrogen) atoms. The minimum atomic E-state index is -0.211. The van der Waals surface area contributed by atoms with Gasteiger partial charge in [0.1, 0.15) is 5.82 Å². The number of rotatable bonds is 4. The molecule has 7 nitrogen and oxygen atoms in total. The zero-order chi connectivity index (χ0) is 20.0. The Morgan fingerprint density at radius 1 is 1.10 bits per heavy atom.